The Morgan fingerprint density at radius 1 is 1.03 bits per heavy atom. The van der Waals surface area contributed by atoms with Gasteiger partial charge in [-0.15, -0.1) is 0 Å². The van der Waals surface area contributed by atoms with Crippen molar-refractivity contribution in [3.63, 3.8) is 0 Å². The second kappa shape index (κ2) is 7.42. The van der Waals surface area contributed by atoms with E-state index in [4.69, 9.17) is 13.9 Å². The lowest BCUT2D eigenvalue weighted by Crippen LogP contribution is -2.64. The van der Waals surface area contributed by atoms with Crippen molar-refractivity contribution < 1.29 is 27.9 Å². The minimum absolute atomic E-state index is 0.0000813. The van der Waals surface area contributed by atoms with Crippen molar-refractivity contribution in [2.75, 3.05) is 39.4 Å². The molecule has 31 heavy (non-hydrogen) atoms. The molecule has 0 bridgehead atoms. The van der Waals surface area contributed by atoms with Crippen LogP contribution < -0.4 is 0 Å². The summed E-state index contributed by atoms with van der Waals surface area (Å²) in [6, 6.07) is 6.16. The zero-order chi connectivity index (χ0) is 21.6. The Balaban J connectivity index is 1.32. The van der Waals surface area contributed by atoms with Gasteiger partial charge in [0.15, 0.2) is 6.39 Å². The Bertz CT molecular complexity index is 999. The maximum Gasteiger partial charge on any atom is 0.291 e. The van der Waals surface area contributed by atoms with Crippen LogP contribution in [0.15, 0.2) is 35.1 Å². The number of oxazole rings is 1. The van der Waals surface area contributed by atoms with E-state index < -0.39 is 11.2 Å². The molecule has 0 radical (unpaired) electrons. The predicted octanol–water partition coefficient (Wildman–Crippen LogP) is 1.88. The van der Waals surface area contributed by atoms with E-state index in [-0.39, 0.29) is 36.5 Å². The number of rotatable bonds is 3. The van der Waals surface area contributed by atoms with E-state index in [9.17, 15) is 14.0 Å². The molecule has 3 aliphatic rings. The number of aromatic nitrogens is 1. The van der Waals surface area contributed by atoms with Crippen LogP contribution in [0.1, 0.15) is 34.7 Å². The summed E-state index contributed by atoms with van der Waals surface area (Å²) >= 11 is 0. The van der Waals surface area contributed by atoms with Crippen LogP contribution in [0.3, 0.4) is 0 Å². The highest BCUT2D eigenvalue weighted by Gasteiger charge is 2.55. The number of amides is 2. The fraction of sp³-hybridized carbons (Fsp3) is 0.500. The summed E-state index contributed by atoms with van der Waals surface area (Å²) in [6.07, 6.45) is 2.72. The Labute approximate surface area is 178 Å². The number of morpholine rings is 2. The van der Waals surface area contributed by atoms with E-state index in [1.54, 1.807) is 28.9 Å². The normalized spacial score (nSPS) is 25.0. The molecule has 3 fully saturated rings. The lowest BCUT2D eigenvalue weighted by Gasteiger charge is -2.47. The average molecular weight is 429 g/mol. The molecule has 9 heteroatoms. The van der Waals surface area contributed by atoms with E-state index in [0.717, 1.165) is 18.4 Å². The summed E-state index contributed by atoms with van der Waals surface area (Å²) in [5.74, 6) is -1.46. The summed E-state index contributed by atoms with van der Waals surface area (Å²) in [4.78, 5) is 33.7. The zero-order valence-corrected chi connectivity index (χ0v) is 17.3. The van der Waals surface area contributed by atoms with Crippen molar-refractivity contribution in [1.29, 1.82) is 0 Å². The van der Waals surface area contributed by atoms with E-state index in [1.807, 2.05) is 0 Å². The van der Waals surface area contributed by atoms with Gasteiger partial charge in [-0.25, -0.2) is 9.37 Å². The molecule has 1 unspecified atom stereocenters. The van der Waals surface area contributed by atoms with Gasteiger partial charge in [0.05, 0.1) is 37.4 Å². The van der Waals surface area contributed by atoms with E-state index in [0.29, 0.717) is 32.0 Å². The summed E-state index contributed by atoms with van der Waals surface area (Å²) < 4.78 is 30.5. The third-order valence-corrected chi connectivity index (χ3v) is 6.39. The molecule has 1 saturated carbocycles. The second-order valence-corrected chi connectivity index (χ2v) is 8.42. The van der Waals surface area contributed by atoms with Gasteiger partial charge in [-0.3, -0.25) is 9.59 Å². The quantitative estimate of drug-likeness (QED) is 0.741. The molecule has 1 aromatic heterocycles. The van der Waals surface area contributed by atoms with Gasteiger partial charge < -0.3 is 23.7 Å². The molecule has 1 spiro atoms. The van der Waals surface area contributed by atoms with Gasteiger partial charge in [0.1, 0.15) is 5.82 Å². The lowest BCUT2D eigenvalue weighted by molar-refractivity contribution is -0.284. The Hall–Kier alpha value is -2.78. The van der Waals surface area contributed by atoms with Gasteiger partial charge in [0.25, 0.3) is 5.91 Å². The summed E-state index contributed by atoms with van der Waals surface area (Å²) in [5.41, 5.74) is 0.761. The number of nitrogens with zero attached hydrogens (tertiary/aromatic N) is 3. The highest BCUT2D eigenvalue weighted by molar-refractivity contribution is 5.93. The number of benzene rings is 1. The molecular weight excluding hydrogens is 405 g/mol. The van der Waals surface area contributed by atoms with Crippen molar-refractivity contribution in [1.82, 2.24) is 14.8 Å². The van der Waals surface area contributed by atoms with Crippen LogP contribution in [0.25, 0.3) is 0 Å². The number of hydrogen-bond donors (Lipinski definition) is 0. The van der Waals surface area contributed by atoms with Crippen LogP contribution in [0, 0.1) is 12.7 Å². The average Bonchev–Trinajstić information content (AvgIpc) is 3.48. The van der Waals surface area contributed by atoms with Gasteiger partial charge in [-0.05, 0) is 37.5 Å². The standard InChI is InChI=1S/C22H24FN3O5/c1-15-18(29-14-24-15)19(27)25-8-10-30-22(12-25)13-26(9-11-31-22)20(28)21(6-7-21)16-2-4-17(23)5-3-16/h2-5,14H,6-13H2,1H3. The number of aryl methyl sites for hydroxylation is 1. The largest absolute Gasteiger partial charge is 0.438 e. The van der Waals surface area contributed by atoms with Gasteiger partial charge in [0.2, 0.25) is 17.5 Å². The van der Waals surface area contributed by atoms with Crippen molar-refractivity contribution in [3.05, 3.63) is 53.5 Å². The zero-order valence-electron chi connectivity index (χ0n) is 17.3. The smallest absolute Gasteiger partial charge is 0.291 e. The van der Waals surface area contributed by atoms with Gasteiger partial charge in [-0.1, -0.05) is 12.1 Å². The number of ether oxygens (including phenoxy) is 2. The van der Waals surface area contributed by atoms with Crippen molar-refractivity contribution in [2.24, 2.45) is 0 Å². The monoisotopic (exact) mass is 429 g/mol. The predicted molar refractivity (Wildman–Crippen MR) is 106 cm³/mol. The first kappa shape index (κ1) is 20.1. The molecule has 1 aromatic carbocycles. The van der Waals surface area contributed by atoms with E-state index >= 15 is 0 Å². The third kappa shape index (κ3) is 3.51. The first-order valence-electron chi connectivity index (χ1n) is 10.5. The fourth-order valence-electron chi connectivity index (χ4n) is 4.52. The maximum absolute atomic E-state index is 13.5. The Kier molecular flexibility index (Phi) is 4.82. The fourth-order valence-corrected chi connectivity index (χ4v) is 4.52. The van der Waals surface area contributed by atoms with Crippen molar-refractivity contribution in [2.45, 2.75) is 31.0 Å². The highest BCUT2D eigenvalue weighted by atomic mass is 19.1. The number of hydrogen-bond acceptors (Lipinski definition) is 6. The number of carbonyl (C=O) groups is 2. The lowest BCUT2D eigenvalue weighted by atomic mass is 9.93. The van der Waals surface area contributed by atoms with Crippen LogP contribution >= 0.6 is 0 Å². The minimum atomic E-state index is -1.07. The third-order valence-electron chi connectivity index (χ3n) is 6.39. The molecular formula is C22H24FN3O5. The molecule has 2 saturated heterocycles. The number of carbonyl (C=O) groups excluding carboxylic acids is 2. The maximum atomic E-state index is 13.5. The highest BCUT2D eigenvalue weighted by Crippen LogP contribution is 2.50. The molecule has 2 amide bonds. The molecule has 3 heterocycles. The van der Waals surface area contributed by atoms with E-state index in [1.165, 1.54) is 18.5 Å². The van der Waals surface area contributed by atoms with Crippen LogP contribution in [-0.2, 0) is 19.7 Å². The molecule has 5 rings (SSSR count). The topological polar surface area (TPSA) is 85.1 Å². The van der Waals surface area contributed by atoms with Crippen LogP contribution in [-0.4, -0.2) is 71.8 Å². The molecule has 2 aromatic rings. The van der Waals surface area contributed by atoms with Crippen LogP contribution in [0.4, 0.5) is 4.39 Å². The van der Waals surface area contributed by atoms with Crippen molar-refractivity contribution in [3.8, 4) is 0 Å². The summed E-state index contributed by atoms with van der Waals surface area (Å²) in [6.45, 7) is 3.60. The molecule has 164 valence electrons. The van der Waals surface area contributed by atoms with Gasteiger partial charge in [0, 0.05) is 13.1 Å². The molecule has 0 N–H and O–H groups in total. The summed E-state index contributed by atoms with van der Waals surface area (Å²) in [5, 5.41) is 0. The van der Waals surface area contributed by atoms with Crippen LogP contribution in [0.2, 0.25) is 0 Å². The first-order chi connectivity index (χ1) is 14.9. The first-order valence-corrected chi connectivity index (χ1v) is 10.5. The van der Waals surface area contributed by atoms with Crippen molar-refractivity contribution >= 4 is 11.8 Å². The molecule has 2 aliphatic heterocycles. The Morgan fingerprint density at radius 2 is 1.68 bits per heavy atom. The summed E-state index contributed by atoms with van der Waals surface area (Å²) in [7, 11) is 0. The minimum Gasteiger partial charge on any atom is -0.438 e. The van der Waals surface area contributed by atoms with Gasteiger partial charge in [-0.2, -0.15) is 0 Å². The number of halogens is 1. The van der Waals surface area contributed by atoms with Gasteiger partial charge >= 0.3 is 0 Å². The second-order valence-electron chi connectivity index (χ2n) is 8.42. The van der Waals surface area contributed by atoms with E-state index in [2.05, 4.69) is 4.98 Å². The Morgan fingerprint density at radius 3 is 2.29 bits per heavy atom. The molecule has 1 aliphatic carbocycles. The SMILES string of the molecule is Cc1ncoc1C(=O)N1CCOC2(C1)CN(C(=O)C1(c3ccc(F)cc3)CC1)CCO2. The van der Waals surface area contributed by atoms with Crippen LogP contribution in [0.5, 0.6) is 0 Å². The molecule has 8 nitrogen and oxygen atoms in total. The molecule has 1 atom stereocenters.